The molecule has 0 spiro atoms. The van der Waals surface area contributed by atoms with Crippen LogP contribution in [-0.4, -0.2) is 56.0 Å². The van der Waals surface area contributed by atoms with E-state index in [9.17, 15) is 13.2 Å². The lowest BCUT2D eigenvalue weighted by Crippen LogP contribution is -2.45. The summed E-state index contributed by atoms with van der Waals surface area (Å²) in [4.78, 5) is 14.0. The molecule has 1 saturated heterocycles. The van der Waals surface area contributed by atoms with Gasteiger partial charge in [-0.05, 0) is 32.1 Å². The van der Waals surface area contributed by atoms with Crippen LogP contribution >= 0.6 is 0 Å². The van der Waals surface area contributed by atoms with Crippen molar-refractivity contribution >= 4 is 15.8 Å². The quantitative estimate of drug-likeness (QED) is 0.734. The Morgan fingerprint density at radius 2 is 1.75 bits per heavy atom. The van der Waals surface area contributed by atoms with Crippen molar-refractivity contribution in [3.63, 3.8) is 0 Å². The summed E-state index contributed by atoms with van der Waals surface area (Å²) >= 11 is 0. The van der Waals surface area contributed by atoms with E-state index in [4.69, 9.17) is 4.74 Å². The van der Waals surface area contributed by atoms with E-state index >= 15 is 0 Å². The van der Waals surface area contributed by atoms with Crippen molar-refractivity contribution in [3.8, 4) is 0 Å². The van der Waals surface area contributed by atoms with Crippen LogP contribution in [0, 0.1) is 0 Å². The standard InChI is InChI=1S/C14H25NO4S/c1-2-14(6-4-3-5-7-14)19-13(16)12-15-8-10-20(17,18)11-9-15/h2-12H2,1H3. The first-order valence-electron chi connectivity index (χ1n) is 7.59. The van der Waals surface area contributed by atoms with Gasteiger partial charge in [0, 0.05) is 13.1 Å². The number of hydrogen-bond donors (Lipinski definition) is 0. The Hall–Kier alpha value is -0.620. The van der Waals surface area contributed by atoms with Crippen LogP contribution in [0.5, 0.6) is 0 Å². The molecule has 0 aromatic carbocycles. The molecule has 0 atom stereocenters. The summed E-state index contributed by atoms with van der Waals surface area (Å²) in [7, 11) is -2.89. The number of sulfone groups is 1. The van der Waals surface area contributed by atoms with Crippen molar-refractivity contribution in [3.05, 3.63) is 0 Å². The summed E-state index contributed by atoms with van der Waals surface area (Å²) in [6, 6.07) is 0. The van der Waals surface area contributed by atoms with Gasteiger partial charge in [-0.15, -0.1) is 0 Å². The van der Waals surface area contributed by atoms with Crippen LogP contribution in [0.1, 0.15) is 45.4 Å². The second kappa shape index (κ2) is 6.43. The van der Waals surface area contributed by atoms with Gasteiger partial charge >= 0.3 is 5.97 Å². The highest BCUT2D eigenvalue weighted by Gasteiger charge is 2.34. The molecule has 0 unspecified atom stereocenters. The molecule has 0 aromatic rings. The third-order valence-electron chi connectivity index (χ3n) is 4.53. The lowest BCUT2D eigenvalue weighted by molar-refractivity contribution is -0.165. The Bertz CT molecular complexity index is 426. The van der Waals surface area contributed by atoms with Crippen LogP contribution in [0.3, 0.4) is 0 Å². The average Bonchev–Trinajstić information content (AvgIpc) is 2.42. The van der Waals surface area contributed by atoms with E-state index in [2.05, 4.69) is 6.92 Å². The minimum atomic E-state index is -2.89. The van der Waals surface area contributed by atoms with Gasteiger partial charge in [-0.25, -0.2) is 8.42 Å². The van der Waals surface area contributed by atoms with Crippen LogP contribution in [0.15, 0.2) is 0 Å². The summed E-state index contributed by atoms with van der Waals surface area (Å²) < 4.78 is 28.5. The SMILES string of the molecule is CCC1(OC(=O)CN2CCS(=O)(=O)CC2)CCCCC1. The predicted molar refractivity (Wildman–Crippen MR) is 77.3 cm³/mol. The normalized spacial score (nSPS) is 26.1. The van der Waals surface area contributed by atoms with Gasteiger partial charge in [-0.1, -0.05) is 13.3 Å². The zero-order chi connectivity index (χ0) is 14.6. The van der Waals surface area contributed by atoms with Crippen LogP contribution in [0.2, 0.25) is 0 Å². The molecule has 2 rings (SSSR count). The third kappa shape index (κ3) is 4.19. The first-order chi connectivity index (χ1) is 9.45. The minimum Gasteiger partial charge on any atom is -0.458 e. The smallest absolute Gasteiger partial charge is 0.320 e. The molecule has 0 radical (unpaired) electrons. The molecule has 20 heavy (non-hydrogen) atoms. The third-order valence-corrected chi connectivity index (χ3v) is 6.14. The molecule has 116 valence electrons. The van der Waals surface area contributed by atoms with Crippen LogP contribution in [0.4, 0.5) is 0 Å². The molecule has 2 aliphatic rings. The van der Waals surface area contributed by atoms with Crippen molar-refractivity contribution in [2.24, 2.45) is 0 Å². The maximum absolute atomic E-state index is 12.1. The number of carbonyl (C=O) groups excluding carboxylic acids is 1. The van der Waals surface area contributed by atoms with Gasteiger partial charge in [0.25, 0.3) is 0 Å². The average molecular weight is 303 g/mol. The molecular weight excluding hydrogens is 278 g/mol. The van der Waals surface area contributed by atoms with Crippen LogP contribution in [0.25, 0.3) is 0 Å². The predicted octanol–water partition coefficient (Wildman–Crippen LogP) is 1.37. The summed E-state index contributed by atoms with van der Waals surface area (Å²) in [5.41, 5.74) is -0.267. The van der Waals surface area contributed by atoms with Gasteiger partial charge in [0.2, 0.25) is 0 Å². The van der Waals surface area contributed by atoms with E-state index in [1.54, 1.807) is 0 Å². The van der Waals surface area contributed by atoms with Gasteiger partial charge in [0.05, 0.1) is 18.1 Å². The Labute approximate surface area is 121 Å². The van der Waals surface area contributed by atoms with Crippen molar-refractivity contribution < 1.29 is 17.9 Å². The van der Waals surface area contributed by atoms with E-state index in [0.717, 1.165) is 32.1 Å². The Morgan fingerprint density at radius 3 is 2.30 bits per heavy atom. The molecule has 1 aliphatic heterocycles. The van der Waals surface area contributed by atoms with Gasteiger partial charge in [0.1, 0.15) is 5.60 Å². The van der Waals surface area contributed by atoms with Gasteiger partial charge < -0.3 is 4.74 Å². The number of carbonyl (C=O) groups is 1. The fourth-order valence-corrected chi connectivity index (χ4v) is 4.37. The molecule has 0 N–H and O–H groups in total. The highest BCUT2D eigenvalue weighted by molar-refractivity contribution is 7.91. The summed E-state index contributed by atoms with van der Waals surface area (Å²) in [6.07, 6.45) is 6.27. The second-order valence-electron chi connectivity index (χ2n) is 6.00. The van der Waals surface area contributed by atoms with E-state index in [-0.39, 0.29) is 29.6 Å². The van der Waals surface area contributed by atoms with Crippen molar-refractivity contribution in [1.29, 1.82) is 0 Å². The number of hydrogen-bond acceptors (Lipinski definition) is 5. The fraction of sp³-hybridized carbons (Fsp3) is 0.929. The Balaban J connectivity index is 1.83. The molecular formula is C14H25NO4S. The largest absolute Gasteiger partial charge is 0.458 e. The first kappa shape index (κ1) is 15.8. The monoisotopic (exact) mass is 303 g/mol. The minimum absolute atomic E-state index is 0.152. The number of rotatable bonds is 4. The molecule has 6 heteroatoms. The van der Waals surface area contributed by atoms with Crippen LogP contribution in [-0.2, 0) is 19.4 Å². The van der Waals surface area contributed by atoms with Gasteiger partial charge in [-0.2, -0.15) is 0 Å². The van der Waals surface area contributed by atoms with Crippen molar-refractivity contribution in [2.75, 3.05) is 31.1 Å². The van der Waals surface area contributed by atoms with Crippen molar-refractivity contribution in [2.45, 2.75) is 51.0 Å². The molecule has 0 aromatic heterocycles. The molecule has 0 bridgehead atoms. The topological polar surface area (TPSA) is 63.7 Å². The maximum Gasteiger partial charge on any atom is 0.320 e. The number of esters is 1. The fourth-order valence-electron chi connectivity index (χ4n) is 3.09. The summed E-state index contributed by atoms with van der Waals surface area (Å²) in [5.74, 6) is 0.103. The maximum atomic E-state index is 12.1. The van der Waals surface area contributed by atoms with Gasteiger partial charge in [0.15, 0.2) is 9.84 Å². The lowest BCUT2D eigenvalue weighted by atomic mass is 9.83. The number of ether oxygens (including phenoxy) is 1. The zero-order valence-corrected chi connectivity index (χ0v) is 13.1. The number of nitrogens with zero attached hydrogens (tertiary/aromatic N) is 1. The Kier molecular flexibility index (Phi) is 5.07. The summed E-state index contributed by atoms with van der Waals surface area (Å²) in [6.45, 7) is 3.18. The molecule has 0 amide bonds. The van der Waals surface area contributed by atoms with E-state index in [1.165, 1.54) is 6.42 Å². The highest BCUT2D eigenvalue weighted by Crippen LogP contribution is 2.34. The molecule has 1 aliphatic carbocycles. The molecule has 2 fully saturated rings. The van der Waals surface area contributed by atoms with Crippen LogP contribution < -0.4 is 0 Å². The first-order valence-corrected chi connectivity index (χ1v) is 9.41. The van der Waals surface area contributed by atoms with Crippen molar-refractivity contribution in [1.82, 2.24) is 4.90 Å². The molecule has 1 heterocycles. The van der Waals surface area contributed by atoms with Gasteiger partial charge in [-0.3, -0.25) is 9.69 Å². The van der Waals surface area contributed by atoms with E-state index in [1.807, 2.05) is 4.90 Å². The lowest BCUT2D eigenvalue weighted by Gasteiger charge is -2.37. The second-order valence-corrected chi connectivity index (χ2v) is 8.30. The summed E-state index contributed by atoms with van der Waals surface area (Å²) in [5, 5.41) is 0. The molecule has 5 nitrogen and oxygen atoms in total. The zero-order valence-electron chi connectivity index (χ0n) is 12.3. The highest BCUT2D eigenvalue weighted by atomic mass is 32.2. The molecule has 1 saturated carbocycles. The Morgan fingerprint density at radius 1 is 1.15 bits per heavy atom. The van der Waals surface area contributed by atoms with E-state index in [0.29, 0.717) is 13.1 Å². The van der Waals surface area contributed by atoms with E-state index < -0.39 is 9.84 Å².